The fourth-order valence-corrected chi connectivity index (χ4v) is 10.7. The first kappa shape index (κ1) is 53.7. The molecule has 3 aromatic carbocycles. The molecular weight excluding hydrogens is 911 g/mol. The van der Waals surface area contributed by atoms with Gasteiger partial charge in [-0.05, 0) is 129 Å². The number of amides is 7. The molecule has 2 aliphatic carbocycles. The number of carbonyl (C=O) groups is 7. The quantitative estimate of drug-likeness (QED) is 0.123. The highest BCUT2D eigenvalue weighted by atomic mass is 16.2. The van der Waals surface area contributed by atoms with E-state index in [-0.39, 0.29) is 67.6 Å². The summed E-state index contributed by atoms with van der Waals surface area (Å²) in [6, 6.07) is 15.3. The molecule has 4 aliphatic rings. The monoisotopic (exact) mass is 988 g/mol. The van der Waals surface area contributed by atoms with E-state index in [9.17, 15) is 33.6 Å². The van der Waals surface area contributed by atoms with Gasteiger partial charge in [0.2, 0.25) is 35.4 Å². The van der Waals surface area contributed by atoms with Gasteiger partial charge in [0.25, 0.3) is 5.91 Å². The summed E-state index contributed by atoms with van der Waals surface area (Å²) >= 11 is 0. The zero-order valence-electron chi connectivity index (χ0n) is 43.9. The zero-order chi connectivity index (χ0) is 52.2. The number of likely N-dealkylation sites (N-methyl/N-ethyl adjacent to an activating group) is 2. The average molecular weight is 988 g/mol. The number of likely N-dealkylation sites (tertiary alicyclic amines) is 1. The van der Waals surface area contributed by atoms with Gasteiger partial charge in [-0.1, -0.05) is 96.1 Å². The normalized spacial score (nSPS) is 22.4. The van der Waals surface area contributed by atoms with Crippen LogP contribution in [0.5, 0.6) is 0 Å². The SMILES string of the molecule is CN[C@@H](C)C(=O)NC(C(=O)N1Cc2ccc(C(=O)NC3CC(C(=O)NC4CCCc5ccccc54)N(C(=O)C(NC(=O)[C@H](C)NC)C(C)(C)C)C3)cc2CC1C(=O)NC1CCCc2ccccc21)C(C)(C)C. The summed E-state index contributed by atoms with van der Waals surface area (Å²) < 4.78 is 0. The van der Waals surface area contributed by atoms with E-state index >= 15 is 0 Å². The summed E-state index contributed by atoms with van der Waals surface area (Å²) in [6.45, 7) is 14.8. The van der Waals surface area contributed by atoms with Crippen molar-refractivity contribution in [2.45, 2.75) is 168 Å². The van der Waals surface area contributed by atoms with Crippen molar-refractivity contribution >= 4 is 41.4 Å². The minimum atomic E-state index is -0.974. The Morgan fingerprint density at radius 3 is 1.57 bits per heavy atom. The first-order chi connectivity index (χ1) is 34.1. The van der Waals surface area contributed by atoms with Crippen LogP contribution in [-0.4, -0.2) is 114 Å². The topological polar surface area (TPSA) is 210 Å². The molecule has 1 fully saturated rings. The van der Waals surface area contributed by atoms with Gasteiger partial charge in [-0.25, -0.2) is 0 Å². The van der Waals surface area contributed by atoms with Gasteiger partial charge in [-0.2, -0.15) is 0 Å². The Kier molecular flexibility index (Phi) is 16.6. The van der Waals surface area contributed by atoms with Crippen molar-refractivity contribution in [2.75, 3.05) is 20.6 Å². The van der Waals surface area contributed by atoms with Gasteiger partial charge < -0.3 is 47.0 Å². The van der Waals surface area contributed by atoms with Crippen LogP contribution >= 0.6 is 0 Å². The van der Waals surface area contributed by atoms with E-state index in [1.807, 2.05) is 77.9 Å². The molecule has 7 rings (SSSR count). The Morgan fingerprint density at radius 2 is 1.07 bits per heavy atom. The van der Waals surface area contributed by atoms with Crippen molar-refractivity contribution in [3.8, 4) is 0 Å². The van der Waals surface area contributed by atoms with Crippen LogP contribution in [0.4, 0.5) is 0 Å². The van der Waals surface area contributed by atoms with Crippen molar-refractivity contribution in [2.24, 2.45) is 10.8 Å². The van der Waals surface area contributed by atoms with Gasteiger partial charge in [0.1, 0.15) is 24.2 Å². The van der Waals surface area contributed by atoms with Crippen LogP contribution in [0.1, 0.15) is 143 Å². The second kappa shape index (κ2) is 22.3. The number of carbonyl (C=O) groups excluding carboxylic acids is 7. The van der Waals surface area contributed by atoms with E-state index in [0.29, 0.717) is 5.56 Å². The van der Waals surface area contributed by atoms with Gasteiger partial charge in [-0.15, -0.1) is 0 Å². The zero-order valence-corrected chi connectivity index (χ0v) is 43.9. The molecule has 0 saturated carbocycles. The third-order valence-electron chi connectivity index (χ3n) is 15.2. The lowest BCUT2D eigenvalue weighted by molar-refractivity contribution is -0.147. The number of hydrogen-bond acceptors (Lipinski definition) is 9. The highest BCUT2D eigenvalue weighted by Crippen LogP contribution is 2.34. The van der Waals surface area contributed by atoms with Crippen molar-refractivity contribution in [1.29, 1.82) is 0 Å². The molecule has 16 nitrogen and oxygen atoms in total. The van der Waals surface area contributed by atoms with Crippen LogP contribution in [0.15, 0.2) is 66.7 Å². The minimum Gasteiger partial charge on any atom is -0.347 e. The highest BCUT2D eigenvalue weighted by molar-refractivity contribution is 5.97. The maximum atomic E-state index is 14.9. The van der Waals surface area contributed by atoms with Crippen LogP contribution < -0.4 is 37.2 Å². The molecule has 0 bridgehead atoms. The average Bonchev–Trinajstić information content (AvgIpc) is 3.78. The van der Waals surface area contributed by atoms with Crippen LogP contribution in [0.25, 0.3) is 0 Å². The van der Waals surface area contributed by atoms with Crippen molar-refractivity contribution in [3.05, 3.63) is 106 Å². The molecule has 0 radical (unpaired) electrons. The molecule has 0 spiro atoms. The predicted molar refractivity (Wildman–Crippen MR) is 276 cm³/mol. The van der Waals surface area contributed by atoms with E-state index in [4.69, 9.17) is 0 Å². The Labute approximate surface area is 425 Å². The van der Waals surface area contributed by atoms with E-state index in [0.717, 1.165) is 60.8 Å². The second-order valence-corrected chi connectivity index (χ2v) is 22.5. The molecular formula is C56H77N9O7. The predicted octanol–water partition coefficient (Wildman–Crippen LogP) is 4.30. The summed E-state index contributed by atoms with van der Waals surface area (Å²) in [5.41, 5.74) is 4.84. The first-order valence-electron chi connectivity index (χ1n) is 25.8. The van der Waals surface area contributed by atoms with Gasteiger partial charge >= 0.3 is 0 Å². The van der Waals surface area contributed by atoms with E-state index < -0.39 is 64.9 Å². The van der Waals surface area contributed by atoms with Crippen molar-refractivity contribution in [1.82, 2.24) is 47.0 Å². The van der Waals surface area contributed by atoms with Gasteiger partial charge in [0, 0.05) is 31.1 Å². The molecule has 72 heavy (non-hydrogen) atoms. The van der Waals surface area contributed by atoms with Crippen LogP contribution in [0.2, 0.25) is 0 Å². The lowest BCUT2D eigenvalue weighted by Gasteiger charge is -2.42. The molecule has 3 aromatic rings. The van der Waals surface area contributed by atoms with E-state index in [2.05, 4.69) is 49.4 Å². The summed E-state index contributed by atoms with van der Waals surface area (Å²) in [4.78, 5) is 103. The number of aryl methyl sites for hydroxylation is 2. The third kappa shape index (κ3) is 12.0. The van der Waals surface area contributed by atoms with Crippen LogP contribution in [-0.2, 0) is 54.6 Å². The summed E-state index contributed by atoms with van der Waals surface area (Å²) in [5, 5.41) is 21.4. The lowest BCUT2D eigenvalue weighted by Crippen LogP contribution is -2.62. The Morgan fingerprint density at radius 1 is 0.583 bits per heavy atom. The summed E-state index contributed by atoms with van der Waals surface area (Å²) in [5.74, 6) is -2.57. The standard InChI is InChI=1S/C56H77N9O7/c1-32(57-9)48(66)62-46(55(3,4)5)53(71)64-30-37-26-25-36(27-38(37)28-44(64)51(69)60-42-23-15-19-34-17-11-13-21-40(34)42)50(68)59-39-29-45(52(70)61-43-24-16-20-35-18-12-14-22-41(35)43)65(31-39)54(72)47(56(6,7)8)63-49(67)33(2)58-10/h11-14,17-18,21-22,25-27,32-33,39,42-47,57-58H,15-16,19-20,23-24,28-31H2,1-10H3,(H,59,68)(H,60,69)(H,61,70)(H,62,66)(H,63,67)/t32-,33-,39?,42?,43?,44?,45?,46?,47?/m0/s1. The van der Waals surface area contributed by atoms with Crippen LogP contribution in [0.3, 0.4) is 0 Å². The van der Waals surface area contributed by atoms with Gasteiger partial charge in [-0.3, -0.25) is 33.6 Å². The number of benzene rings is 3. The Balaban J connectivity index is 1.16. The largest absolute Gasteiger partial charge is 0.347 e. The minimum absolute atomic E-state index is 0.0288. The van der Waals surface area contributed by atoms with Crippen LogP contribution in [0, 0.1) is 10.8 Å². The molecule has 7 N–H and O–H groups in total. The molecule has 0 aromatic heterocycles. The molecule has 388 valence electrons. The van der Waals surface area contributed by atoms with Gasteiger partial charge in [0.15, 0.2) is 0 Å². The number of nitrogens with zero attached hydrogens (tertiary/aromatic N) is 2. The van der Waals surface area contributed by atoms with Crippen molar-refractivity contribution in [3.63, 3.8) is 0 Å². The first-order valence-corrected chi connectivity index (χ1v) is 25.8. The Hall–Kier alpha value is -6.13. The molecule has 7 unspecified atom stereocenters. The maximum Gasteiger partial charge on any atom is 0.251 e. The fourth-order valence-electron chi connectivity index (χ4n) is 10.7. The molecule has 7 amide bonds. The van der Waals surface area contributed by atoms with E-state index in [1.165, 1.54) is 16.0 Å². The fraction of sp³-hybridized carbons (Fsp3) is 0.554. The number of hydrogen-bond donors (Lipinski definition) is 7. The Bertz CT molecular complexity index is 2530. The molecule has 16 heteroatoms. The third-order valence-corrected chi connectivity index (χ3v) is 15.2. The highest BCUT2D eigenvalue weighted by Gasteiger charge is 2.47. The summed E-state index contributed by atoms with van der Waals surface area (Å²) in [7, 11) is 3.34. The number of rotatable bonds is 14. The molecule has 9 atom stereocenters. The van der Waals surface area contributed by atoms with E-state index in [1.54, 1.807) is 51.0 Å². The smallest absolute Gasteiger partial charge is 0.251 e. The molecule has 2 heterocycles. The maximum absolute atomic E-state index is 14.9. The molecule has 1 saturated heterocycles. The summed E-state index contributed by atoms with van der Waals surface area (Å²) in [6.07, 6.45) is 5.38. The lowest BCUT2D eigenvalue weighted by atomic mass is 9.83. The number of fused-ring (bicyclic) bond motifs is 3. The van der Waals surface area contributed by atoms with Crippen molar-refractivity contribution < 1.29 is 33.6 Å². The second-order valence-electron chi connectivity index (χ2n) is 22.5. The number of nitrogens with one attached hydrogen (secondary N) is 7. The molecule has 2 aliphatic heterocycles. The van der Waals surface area contributed by atoms with Gasteiger partial charge in [0.05, 0.1) is 24.2 Å².